The molecule has 17 nitrogen and oxygen atoms in total. The molecule has 4 saturated heterocycles. The minimum absolute atomic E-state index is 0.216. The Hall–Kier alpha value is -4.14. The predicted octanol–water partition coefficient (Wildman–Crippen LogP) is 2.53. The first-order valence-electron chi connectivity index (χ1n) is 19.3. The van der Waals surface area contributed by atoms with Gasteiger partial charge in [0.2, 0.25) is 6.29 Å². The number of carbonyl (C=O) groups is 2. The summed E-state index contributed by atoms with van der Waals surface area (Å²) in [4.78, 5) is 60.1. The molecule has 57 heavy (non-hydrogen) atoms. The van der Waals surface area contributed by atoms with Crippen LogP contribution in [0.2, 0.25) is 0 Å². The summed E-state index contributed by atoms with van der Waals surface area (Å²) >= 11 is 4.82. The van der Waals surface area contributed by atoms with Gasteiger partial charge >= 0.3 is 11.9 Å². The quantitative estimate of drug-likeness (QED) is 0.150. The maximum absolute atomic E-state index is 12.9. The molecule has 4 fully saturated rings. The Kier molecular flexibility index (Phi) is 15.1. The smallest absolute Gasteiger partial charge is 0.375 e. The van der Waals surface area contributed by atoms with Crippen molar-refractivity contribution in [3.8, 4) is 0 Å². The van der Waals surface area contributed by atoms with Crippen molar-refractivity contribution >= 4 is 35.0 Å². The molecule has 0 aliphatic carbocycles. The van der Waals surface area contributed by atoms with Crippen molar-refractivity contribution in [2.24, 2.45) is 4.99 Å². The number of carbonyl (C=O) groups excluding carboxylic acids is 2. The number of aliphatic imine (C=N–C) groups is 1. The Morgan fingerprint density at radius 3 is 2.00 bits per heavy atom. The van der Waals surface area contributed by atoms with E-state index in [1.54, 1.807) is 22.3 Å². The zero-order chi connectivity index (χ0) is 39.2. The zero-order valence-corrected chi connectivity index (χ0v) is 32.6. The average molecular weight is 805 g/mol. The van der Waals surface area contributed by atoms with Crippen LogP contribution in [0.4, 0.5) is 5.69 Å². The second-order valence-electron chi connectivity index (χ2n) is 13.7. The summed E-state index contributed by atoms with van der Waals surface area (Å²) in [5.74, 6) is -0.961. The van der Waals surface area contributed by atoms with E-state index < -0.39 is 18.2 Å². The van der Waals surface area contributed by atoms with Gasteiger partial charge in [-0.25, -0.2) is 19.6 Å². The number of rotatable bonds is 12. The third-order valence-corrected chi connectivity index (χ3v) is 9.35. The highest BCUT2D eigenvalue weighted by Crippen LogP contribution is 2.30. The van der Waals surface area contributed by atoms with Crippen molar-refractivity contribution in [1.82, 2.24) is 35.0 Å². The summed E-state index contributed by atoms with van der Waals surface area (Å²) in [6.07, 6.45) is -0.633. The maximum atomic E-state index is 12.9. The second-order valence-corrected chi connectivity index (χ2v) is 13.9. The topological polar surface area (TPSA) is 152 Å². The van der Waals surface area contributed by atoms with Crippen LogP contribution in [0.3, 0.4) is 0 Å². The van der Waals surface area contributed by atoms with Crippen molar-refractivity contribution in [3.05, 3.63) is 89.0 Å². The van der Waals surface area contributed by atoms with Crippen LogP contribution >= 0.6 is 12.2 Å². The van der Waals surface area contributed by atoms with Crippen molar-refractivity contribution in [3.63, 3.8) is 0 Å². The molecule has 0 N–H and O–H groups in total. The van der Waals surface area contributed by atoms with Gasteiger partial charge in [-0.3, -0.25) is 14.6 Å². The molecule has 4 aliphatic heterocycles. The van der Waals surface area contributed by atoms with Crippen molar-refractivity contribution in [2.75, 3.05) is 112 Å². The molecule has 18 heteroatoms. The number of hydrogen-bond acceptors (Lipinski definition) is 18. The lowest BCUT2D eigenvalue weighted by Gasteiger charge is -2.32. The van der Waals surface area contributed by atoms with Gasteiger partial charge < -0.3 is 28.6 Å². The van der Waals surface area contributed by atoms with Gasteiger partial charge in [-0.1, -0.05) is 24.3 Å². The van der Waals surface area contributed by atoms with Gasteiger partial charge in [0.1, 0.15) is 0 Å². The van der Waals surface area contributed by atoms with E-state index in [-0.39, 0.29) is 24.0 Å². The largest absolute Gasteiger partial charge is 0.378 e. The van der Waals surface area contributed by atoms with E-state index in [0.29, 0.717) is 96.8 Å². The van der Waals surface area contributed by atoms with E-state index in [0.717, 1.165) is 37.4 Å². The molecule has 0 bridgehead atoms. The third kappa shape index (κ3) is 13.5. The molecule has 0 radical (unpaired) electrons. The van der Waals surface area contributed by atoms with E-state index in [1.807, 2.05) is 53.6 Å². The highest BCUT2D eigenvalue weighted by atomic mass is 32.1. The first-order chi connectivity index (χ1) is 28.0. The molecule has 0 saturated carbocycles. The molecule has 3 aromatic rings. The van der Waals surface area contributed by atoms with Crippen LogP contribution in [-0.4, -0.2) is 170 Å². The highest BCUT2D eigenvalue weighted by Gasteiger charge is 2.29. The minimum atomic E-state index is -0.633. The van der Waals surface area contributed by atoms with Gasteiger partial charge in [0.25, 0.3) is 0 Å². The number of benzene rings is 1. The highest BCUT2D eigenvalue weighted by molar-refractivity contribution is 7.78. The number of isothiocyanates is 1. The van der Waals surface area contributed by atoms with Gasteiger partial charge in [-0.05, 0) is 54.2 Å². The van der Waals surface area contributed by atoms with Gasteiger partial charge in [-0.15, -0.1) is 10.1 Å². The fraction of sp³-hybridized carbons (Fsp3) is 0.513. The molecule has 0 amide bonds. The van der Waals surface area contributed by atoms with E-state index >= 15 is 0 Å². The number of pyridine rings is 2. The van der Waals surface area contributed by atoms with Gasteiger partial charge in [0, 0.05) is 45.8 Å². The molecule has 2 atom stereocenters. The molecule has 4 aliphatic rings. The summed E-state index contributed by atoms with van der Waals surface area (Å²) in [7, 11) is 0. The standard InChI is InChI=1S/C39H48N8O9S/c48-38(55-46-13-14-46)34-5-1-3-32(41-34)27-43-17-21-50-25-26-51-23-19-44(20-24-53-36(28-52-22-18-43)54-45-11-12-45)37(30-7-9-31(10-8-30)40-29-57)33-4-2-6-35(42-33)39(49)56-47-15-16-47/h1-10,36-37H,11-28H2. The van der Waals surface area contributed by atoms with Crippen LogP contribution in [0.25, 0.3) is 0 Å². The van der Waals surface area contributed by atoms with Crippen LogP contribution in [0.5, 0.6) is 0 Å². The number of thiocarbonyl (C=S) groups is 1. The monoisotopic (exact) mass is 804 g/mol. The molecule has 2 unspecified atom stereocenters. The molecule has 304 valence electrons. The average Bonchev–Trinajstić information content (AvgIpc) is 4.07. The molecule has 0 spiro atoms. The lowest BCUT2D eigenvalue weighted by Crippen LogP contribution is -2.38. The lowest BCUT2D eigenvalue weighted by molar-refractivity contribution is -0.251. The number of ether oxygens (including phenoxy) is 4. The van der Waals surface area contributed by atoms with E-state index in [1.165, 1.54) is 0 Å². The number of hydroxylamine groups is 6. The van der Waals surface area contributed by atoms with Crippen molar-refractivity contribution < 1.29 is 43.0 Å². The van der Waals surface area contributed by atoms with Gasteiger partial charge in [0.15, 0.2) is 11.4 Å². The van der Waals surface area contributed by atoms with Crippen LogP contribution < -0.4 is 0 Å². The van der Waals surface area contributed by atoms with Crippen LogP contribution in [0.1, 0.15) is 44.0 Å². The molecular formula is C39H48N8O9S. The lowest BCUT2D eigenvalue weighted by atomic mass is 10.00. The number of hydrogen-bond donors (Lipinski definition) is 0. The molecule has 2 aromatic heterocycles. The van der Waals surface area contributed by atoms with Crippen LogP contribution in [0, 0.1) is 0 Å². The normalized spacial score (nSPS) is 21.6. The van der Waals surface area contributed by atoms with Crippen LogP contribution in [0.15, 0.2) is 65.7 Å². The zero-order valence-electron chi connectivity index (χ0n) is 31.8. The third-order valence-electron chi connectivity index (χ3n) is 9.25. The summed E-state index contributed by atoms with van der Waals surface area (Å²) < 4.78 is 24.6. The fourth-order valence-corrected chi connectivity index (χ4v) is 6.11. The Bertz CT molecular complexity index is 1830. The van der Waals surface area contributed by atoms with Crippen molar-refractivity contribution in [2.45, 2.75) is 18.9 Å². The Morgan fingerprint density at radius 2 is 1.33 bits per heavy atom. The summed E-state index contributed by atoms with van der Waals surface area (Å²) in [5, 5.41) is 7.42. The maximum Gasteiger partial charge on any atom is 0.375 e. The molecule has 1 aromatic carbocycles. The fourth-order valence-electron chi connectivity index (χ4n) is 6.01. The summed E-state index contributed by atoms with van der Waals surface area (Å²) in [5.41, 5.74) is 3.50. The van der Waals surface area contributed by atoms with E-state index in [2.05, 4.69) is 24.9 Å². The first kappa shape index (κ1) is 41.0. The SMILES string of the molecule is O=C(ON1CC1)c1cccc(CN2CCOCCOCCN(C(c3ccc(N=C=S)cc3)c3cccc(C(=O)ON4CC4)n3)CCOC(ON3CC3)COCC2)n1. The Morgan fingerprint density at radius 1 is 0.719 bits per heavy atom. The summed E-state index contributed by atoms with van der Waals surface area (Å²) in [6, 6.07) is 18.0. The second kappa shape index (κ2) is 21.0. The van der Waals surface area contributed by atoms with E-state index in [4.69, 9.17) is 50.7 Å². The Balaban J connectivity index is 1.03. The number of nitrogens with zero attached hydrogens (tertiary/aromatic N) is 8. The minimum Gasteiger partial charge on any atom is -0.378 e. The first-order valence-corrected chi connectivity index (χ1v) is 19.7. The molecule has 7 rings (SSSR count). The molecule has 6 heterocycles. The van der Waals surface area contributed by atoms with E-state index in [9.17, 15) is 9.59 Å². The number of aromatic nitrogens is 2. The van der Waals surface area contributed by atoms with Crippen LogP contribution in [-0.2, 0) is 40.0 Å². The molecular weight excluding hydrogens is 757 g/mol. The van der Waals surface area contributed by atoms with Crippen molar-refractivity contribution in [1.29, 1.82) is 0 Å². The summed E-state index contributed by atoms with van der Waals surface area (Å²) in [6.45, 7) is 9.81. The van der Waals surface area contributed by atoms with Gasteiger partial charge in [0.05, 0.1) is 101 Å². The predicted molar refractivity (Wildman–Crippen MR) is 207 cm³/mol. The Labute approximate surface area is 336 Å². The van der Waals surface area contributed by atoms with Gasteiger partial charge in [-0.2, -0.15) is 10.1 Å².